The third-order valence-electron chi connectivity index (χ3n) is 2.39. The molecule has 0 aromatic heterocycles. The SMILES string of the molecule is [CH]1CCCCCOCCCCC1. The van der Waals surface area contributed by atoms with Crippen LogP contribution in [0.4, 0.5) is 0 Å². The average Bonchev–Trinajstić information content (AvgIpc) is 2.05. The van der Waals surface area contributed by atoms with Crippen molar-refractivity contribution in [1.82, 2.24) is 0 Å². The van der Waals surface area contributed by atoms with Crippen LogP contribution < -0.4 is 0 Å². The molecule has 1 saturated heterocycles. The van der Waals surface area contributed by atoms with Gasteiger partial charge in [-0.25, -0.2) is 0 Å². The summed E-state index contributed by atoms with van der Waals surface area (Å²) in [5.41, 5.74) is 0. The Kier molecular flexibility index (Phi) is 6.36. The smallest absolute Gasteiger partial charge is 0.0466 e. The van der Waals surface area contributed by atoms with Crippen LogP contribution in [0, 0.1) is 6.42 Å². The summed E-state index contributed by atoms with van der Waals surface area (Å²) in [6, 6.07) is 0. The van der Waals surface area contributed by atoms with E-state index in [1.54, 1.807) is 0 Å². The molecule has 0 spiro atoms. The summed E-state index contributed by atoms with van der Waals surface area (Å²) in [7, 11) is 0. The lowest BCUT2D eigenvalue weighted by Gasteiger charge is -2.06. The first kappa shape index (κ1) is 10.0. The van der Waals surface area contributed by atoms with E-state index in [0.29, 0.717) is 0 Å². The predicted molar refractivity (Wildman–Crippen MR) is 52.1 cm³/mol. The molecule has 1 aliphatic heterocycles. The minimum Gasteiger partial charge on any atom is -0.381 e. The summed E-state index contributed by atoms with van der Waals surface area (Å²) in [5.74, 6) is 0. The Morgan fingerprint density at radius 1 is 0.667 bits per heavy atom. The molecule has 0 aliphatic carbocycles. The van der Waals surface area contributed by atoms with E-state index in [0.717, 1.165) is 13.2 Å². The fourth-order valence-electron chi connectivity index (χ4n) is 1.59. The van der Waals surface area contributed by atoms with Gasteiger partial charge in [0, 0.05) is 13.2 Å². The van der Waals surface area contributed by atoms with Crippen LogP contribution in [-0.2, 0) is 4.74 Å². The third-order valence-corrected chi connectivity index (χ3v) is 2.39. The molecular formula is C11H21O. The minimum absolute atomic E-state index is 0.986. The second-order valence-corrected chi connectivity index (χ2v) is 3.60. The average molecular weight is 169 g/mol. The van der Waals surface area contributed by atoms with E-state index >= 15 is 0 Å². The van der Waals surface area contributed by atoms with E-state index in [4.69, 9.17) is 4.74 Å². The van der Waals surface area contributed by atoms with Crippen LogP contribution in [0.1, 0.15) is 51.4 Å². The Labute approximate surface area is 76.5 Å². The van der Waals surface area contributed by atoms with Crippen molar-refractivity contribution in [3.63, 3.8) is 0 Å². The summed E-state index contributed by atoms with van der Waals surface area (Å²) in [5, 5.41) is 0. The van der Waals surface area contributed by atoms with E-state index in [1.165, 1.54) is 51.4 Å². The quantitative estimate of drug-likeness (QED) is 0.540. The van der Waals surface area contributed by atoms with Crippen molar-refractivity contribution in [2.75, 3.05) is 13.2 Å². The number of hydrogen-bond donors (Lipinski definition) is 0. The first-order chi connectivity index (χ1) is 6.00. The van der Waals surface area contributed by atoms with Gasteiger partial charge in [0.1, 0.15) is 0 Å². The van der Waals surface area contributed by atoms with Gasteiger partial charge in [0.15, 0.2) is 0 Å². The van der Waals surface area contributed by atoms with Gasteiger partial charge < -0.3 is 4.74 Å². The molecule has 0 unspecified atom stereocenters. The molecule has 0 saturated carbocycles. The second kappa shape index (κ2) is 7.60. The molecule has 12 heavy (non-hydrogen) atoms. The molecule has 1 heteroatoms. The summed E-state index contributed by atoms with van der Waals surface area (Å²) in [6.45, 7) is 1.97. The Morgan fingerprint density at radius 2 is 1.25 bits per heavy atom. The van der Waals surface area contributed by atoms with Gasteiger partial charge in [0.05, 0.1) is 0 Å². The van der Waals surface area contributed by atoms with E-state index < -0.39 is 0 Å². The van der Waals surface area contributed by atoms with E-state index in [1.807, 2.05) is 0 Å². The Bertz CT molecular complexity index is 48.0. The molecule has 1 aliphatic rings. The molecular weight excluding hydrogens is 148 g/mol. The minimum atomic E-state index is 0.986. The van der Waals surface area contributed by atoms with Crippen molar-refractivity contribution >= 4 is 0 Å². The Hall–Kier alpha value is -0.0400. The van der Waals surface area contributed by atoms with Crippen molar-refractivity contribution in [2.24, 2.45) is 0 Å². The Balaban J connectivity index is 2.00. The maximum Gasteiger partial charge on any atom is 0.0466 e. The standard InChI is InChI=1S/C11H21O/c1-2-4-6-8-10-12-11-9-7-5-3-1/h1H,2-11H2. The molecule has 0 amide bonds. The highest BCUT2D eigenvalue weighted by Crippen LogP contribution is 2.10. The van der Waals surface area contributed by atoms with Gasteiger partial charge in [-0.05, 0) is 19.3 Å². The van der Waals surface area contributed by atoms with Crippen LogP contribution in [0.3, 0.4) is 0 Å². The van der Waals surface area contributed by atoms with Gasteiger partial charge in [-0.15, -0.1) is 0 Å². The van der Waals surface area contributed by atoms with E-state index in [2.05, 4.69) is 6.42 Å². The van der Waals surface area contributed by atoms with Gasteiger partial charge in [-0.3, -0.25) is 0 Å². The highest BCUT2D eigenvalue weighted by atomic mass is 16.5. The monoisotopic (exact) mass is 169 g/mol. The summed E-state index contributed by atoms with van der Waals surface area (Å²) in [6.07, 6.45) is 13.0. The molecule has 1 radical (unpaired) electrons. The van der Waals surface area contributed by atoms with Crippen molar-refractivity contribution in [3.05, 3.63) is 6.42 Å². The first-order valence-corrected chi connectivity index (χ1v) is 5.39. The zero-order valence-electron chi connectivity index (χ0n) is 8.06. The zero-order valence-corrected chi connectivity index (χ0v) is 8.06. The summed E-state index contributed by atoms with van der Waals surface area (Å²) < 4.78 is 5.50. The van der Waals surface area contributed by atoms with Gasteiger partial charge in [-0.2, -0.15) is 0 Å². The number of hydrogen-bond acceptors (Lipinski definition) is 1. The number of rotatable bonds is 0. The Morgan fingerprint density at radius 3 is 1.83 bits per heavy atom. The van der Waals surface area contributed by atoms with Gasteiger partial charge in [-0.1, -0.05) is 38.5 Å². The molecule has 0 atom stereocenters. The van der Waals surface area contributed by atoms with Crippen LogP contribution in [0.2, 0.25) is 0 Å². The normalized spacial score (nSPS) is 24.0. The molecule has 1 fully saturated rings. The molecule has 0 aromatic rings. The van der Waals surface area contributed by atoms with Gasteiger partial charge in [0.2, 0.25) is 0 Å². The summed E-state index contributed by atoms with van der Waals surface area (Å²) in [4.78, 5) is 0. The van der Waals surface area contributed by atoms with Crippen molar-refractivity contribution in [2.45, 2.75) is 51.4 Å². The van der Waals surface area contributed by atoms with Gasteiger partial charge in [0.25, 0.3) is 0 Å². The van der Waals surface area contributed by atoms with Crippen LogP contribution in [0.25, 0.3) is 0 Å². The first-order valence-electron chi connectivity index (χ1n) is 5.39. The van der Waals surface area contributed by atoms with Crippen molar-refractivity contribution < 1.29 is 4.74 Å². The maximum atomic E-state index is 5.50. The molecule has 0 N–H and O–H groups in total. The van der Waals surface area contributed by atoms with Crippen molar-refractivity contribution in [3.8, 4) is 0 Å². The fourth-order valence-corrected chi connectivity index (χ4v) is 1.59. The van der Waals surface area contributed by atoms with Crippen LogP contribution >= 0.6 is 0 Å². The maximum absolute atomic E-state index is 5.50. The van der Waals surface area contributed by atoms with E-state index in [9.17, 15) is 0 Å². The van der Waals surface area contributed by atoms with Crippen LogP contribution in [0.15, 0.2) is 0 Å². The van der Waals surface area contributed by atoms with Crippen LogP contribution in [0.5, 0.6) is 0 Å². The molecule has 71 valence electrons. The molecule has 1 nitrogen and oxygen atoms in total. The largest absolute Gasteiger partial charge is 0.381 e. The zero-order chi connectivity index (χ0) is 8.49. The molecule has 1 heterocycles. The molecule has 0 aromatic carbocycles. The van der Waals surface area contributed by atoms with Gasteiger partial charge >= 0.3 is 0 Å². The highest BCUT2D eigenvalue weighted by Gasteiger charge is 1.96. The summed E-state index contributed by atoms with van der Waals surface area (Å²) >= 11 is 0. The molecule has 0 bridgehead atoms. The highest BCUT2D eigenvalue weighted by molar-refractivity contribution is 4.64. The lowest BCUT2D eigenvalue weighted by Crippen LogP contribution is -1.98. The third kappa shape index (κ3) is 5.59. The van der Waals surface area contributed by atoms with E-state index in [-0.39, 0.29) is 0 Å². The lowest BCUT2D eigenvalue weighted by atomic mass is 10.1. The lowest BCUT2D eigenvalue weighted by molar-refractivity contribution is 0.125. The van der Waals surface area contributed by atoms with Crippen molar-refractivity contribution in [1.29, 1.82) is 0 Å². The number of ether oxygens (including phenoxy) is 1. The second-order valence-electron chi connectivity index (χ2n) is 3.60. The topological polar surface area (TPSA) is 9.23 Å². The predicted octanol–water partition coefficient (Wildman–Crippen LogP) is 3.34. The molecule has 1 rings (SSSR count). The van der Waals surface area contributed by atoms with Crippen LogP contribution in [-0.4, -0.2) is 13.2 Å². The fraction of sp³-hybridized carbons (Fsp3) is 0.909.